The molecule has 7 nitrogen and oxygen atoms in total. The number of benzene rings is 1. The first-order valence-electron chi connectivity index (χ1n) is 13.3. The Bertz CT molecular complexity index is 1090. The molecule has 1 aromatic heterocycles. The van der Waals surface area contributed by atoms with Crippen LogP contribution < -0.4 is 14.8 Å². The van der Waals surface area contributed by atoms with Crippen LogP contribution in [-0.2, 0) is 19.5 Å². The standard InChI is InChI=1S/C28H37ClN4O3/c1-35-23-4-3-20(25(29)26(23)36-2)14-33-6-5-21-22(15-33)31-16-32-27(21)30-13-24(34)28-10-17-7-18(11-28)9-19(8-17)12-28/h3-4,16-19,24,34H,5-15H2,1-2H3,(H,30,31,32). The molecule has 0 saturated heterocycles. The van der Waals surface area contributed by atoms with E-state index in [0.29, 0.717) is 29.6 Å². The SMILES string of the molecule is COc1ccc(CN2CCc3c(ncnc3NCC(O)C34CC5CC(CC(C5)C3)C4)C2)c(Cl)c1OC. The Labute approximate surface area is 218 Å². The van der Waals surface area contributed by atoms with Gasteiger partial charge in [0.15, 0.2) is 11.5 Å². The fraction of sp³-hybridized carbons (Fsp3) is 0.643. The molecule has 1 aromatic carbocycles. The van der Waals surface area contributed by atoms with Crippen molar-refractivity contribution in [3.8, 4) is 11.5 Å². The zero-order chi connectivity index (χ0) is 24.9. The maximum absolute atomic E-state index is 11.3. The van der Waals surface area contributed by atoms with Crippen molar-refractivity contribution in [2.75, 3.05) is 32.6 Å². The molecular formula is C28H37ClN4O3. The van der Waals surface area contributed by atoms with Gasteiger partial charge >= 0.3 is 0 Å². The van der Waals surface area contributed by atoms with Gasteiger partial charge in [-0.25, -0.2) is 9.97 Å². The number of aromatic nitrogens is 2. The van der Waals surface area contributed by atoms with Crippen LogP contribution in [0.4, 0.5) is 5.82 Å². The highest BCUT2D eigenvalue weighted by Crippen LogP contribution is 2.61. The highest BCUT2D eigenvalue weighted by molar-refractivity contribution is 6.33. The van der Waals surface area contributed by atoms with Crippen LogP contribution in [0.1, 0.15) is 55.3 Å². The number of fused-ring (bicyclic) bond motifs is 1. The van der Waals surface area contributed by atoms with E-state index in [1.54, 1.807) is 20.5 Å². The molecule has 1 aliphatic heterocycles. The average Bonchev–Trinajstić information content (AvgIpc) is 2.87. The van der Waals surface area contributed by atoms with Gasteiger partial charge < -0.3 is 19.9 Å². The zero-order valence-corrected chi connectivity index (χ0v) is 22.1. The van der Waals surface area contributed by atoms with Crippen LogP contribution in [0.5, 0.6) is 11.5 Å². The van der Waals surface area contributed by atoms with Crippen LogP contribution in [0, 0.1) is 23.2 Å². The summed E-state index contributed by atoms with van der Waals surface area (Å²) < 4.78 is 10.8. The number of hydrogen-bond acceptors (Lipinski definition) is 7. The van der Waals surface area contributed by atoms with Gasteiger partial charge in [-0.1, -0.05) is 17.7 Å². The molecule has 1 unspecified atom stereocenters. The Hall–Kier alpha value is -2.09. The Kier molecular flexibility index (Phi) is 6.51. The predicted molar refractivity (Wildman–Crippen MR) is 140 cm³/mol. The molecule has 4 aliphatic carbocycles. The Morgan fingerprint density at radius 2 is 1.83 bits per heavy atom. The lowest BCUT2D eigenvalue weighted by atomic mass is 9.48. The van der Waals surface area contributed by atoms with Gasteiger partial charge in [0.1, 0.15) is 12.1 Å². The van der Waals surface area contributed by atoms with Crippen LogP contribution in [0.2, 0.25) is 5.02 Å². The maximum Gasteiger partial charge on any atom is 0.179 e. The number of rotatable bonds is 8. The second kappa shape index (κ2) is 9.66. The molecule has 4 fully saturated rings. The van der Waals surface area contributed by atoms with Crippen LogP contribution in [0.3, 0.4) is 0 Å². The van der Waals surface area contributed by atoms with Crippen molar-refractivity contribution in [1.29, 1.82) is 0 Å². The lowest BCUT2D eigenvalue weighted by Crippen LogP contribution is -2.53. The monoisotopic (exact) mass is 512 g/mol. The Morgan fingerprint density at radius 3 is 2.50 bits per heavy atom. The van der Waals surface area contributed by atoms with Crippen molar-refractivity contribution >= 4 is 17.4 Å². The summed E-state index contributed by atoms with van der Waals surface area (Å²) in [4.78, 5) is 11.5. The number of nitrogens with one attached hydrogen (secondary N) is 1. The van der Waals surface area contributed by atoms with Gasteiger partial charge in [-0.2, -0.15) is 0 Å². The topological polar surface area (TPSA) is 79.7 Å². The van der Waals surface area contributed by atoms with Crippen molar-refractivity contribution in [2.24, 2.45) is 23.2 Å². The maximum atomic E-state index is 11.3. The van der Waals surface area contributed by atoms with Gasteiger partial charge in [-0.15, -0.1) is 0 Å². The number of aliphatic hydroxyl groups excluding tert-OH is 1. The first-order chi connectivity index (χ1) is 17.5. The summed E-state index contributed by atoms with van der Waals surface area (Å²) in [6, 6.07) is 3.90. The average molecular weight is 513 g/mol. The summed E-state index contributed by atoms with van der Waals surface area (Å²) in [7, 11) is 3.22. The number of methoxy groups -OCH3 is 2. The molecule has 4 bridgehead atoms. The van der Waals surface area contributed by atoms with E-state index in [2.05, 4.69) is 20.2 Å². The van der Waals surface area contributed by atoms with E-state index < -0.39 is 0 Å². The molecule has 2 N–H and O–H groups in total. The lowest BCUT2D eigenvalue weighted by molar-refractivity contribution is -0.115. The van der Waals surface area contributed by atoms with Gasteiger partial charge in [0.05, 0.1) is 31.0 Å². The van der Waals surface area contributed by atoms with E-state index in [4.69, 9.17) is 21.1 Å². The normalized spacial score (nSPS) is 29.6. The minimum absolute atomic E-state index is 0.115. The van der Waals surface area contributed by atoms with E-state index in [1.165, 1.54) is 44.1 Å². The van der Waals surface area contributed by atoms with Crippen LogP contribution in [0.25, 0.3) is 0 Å². The molecule has 36 heavy (non-hydrogen) atoms. The second-order valence-corrected chi connectivity index (χ2v) is 11.9. The van der Waals surface area contributed by atoms with Gasteiger partial charge in [0.25, 0.3) is 0 Å². The summed E-state index contributed by atoms with van der Waals surface area (Å²) in [5.74, 6) is 4.59. The smallest absolute Gasteiger partial charge is 0.179 e. The molecule has 1 atom stereocenters. The second-order valence-electron chi connectivity index (χ2n) is 11.6. The summed E-state index contributed by atoms with van der Waals surface area (Å²) in [5.41, 5.74) is 3.33. The van der Waals surface area contributed by atoms with E-state index >= 15 is 0 Å². The van der Waals surface area contributed by atoms with Crippen molar-refractivity contribution < 1.29 is 14.6 Å². The number of nitrogens with zero attached hydrogens (tertiary/aromatic N) is 3. The molecule has 8 heteroatoms. The van der Waals surface area contributed by atoms with Crippen molar-refractivity contribution in [3.05, 3.63) is 40.3 Å². The molecule has 0 radical (unpaired) electrons. The van der Waals surface area contributed by atoms with Gasteiger partial charge in [-0.05, 0) is 79.7 Å². The first-order valence-corrected chi connectivity index (χ1v) is 13.7. The molecule has 2 aromatic rings. The van der Waals surface area contributed by atoms with Gasteiger partial charge in [0, 0.05) is 31.7 Å². The molecule has 0 spiro atoms. The Morgan fingerprint density at radius 1 is 1.11 bits per heavy atom. The number of ether oxygens (including phenoxy) is 2. The Balaban J connectivity index is 1.12. The summed E-state index contributed by atoms with van der Waals surface area (Å²) in [5, 5.41) is 15.5. The van der Waals surface area contributed by atoms with E-state index in [9.17, 15) is 5.11 Å². The van der Waals surface area contributed by atoms with Gasteiger partial charge in [0.2, 0.25) is 0 Å². The molecule has 2 heterocycles. The van der Waals surface area contributed by atoms with Gasteiger partial charge in [-0.3, -0.25) is 4.90 Å². The largest absolute Gasteiger partial charge is 0.493 e. The highest BCUT2D eigenvalue weighted by Gasteiger charge is 2.53. The van der Waals surface area contributed by atoms with Crippen LogP contribution in [0.15, 0.2) is 18.5 Å². The third-order valence-electron chi connectivity index (χ3n) is 9.30. The van der Waals surface area contributed by atoms with Crippen LogP contribution >= 0.6 is 11.6 Å². The fourth-order valence-corrected chi connectivity index (χ4v) is 8.28. The summed E-state index contributed by atoms with van der Waals surface area (Å²) >= 11 is 6.63. The number of hydrogen-bond donors (Lipinski definition) is 2. The summed E-state index contributed by atoms with van der Waals surface area (Å²) in [6.07, 6.45) is 9.98. The third-order valence-corrected chi connectivity index (χ3v) is 9.71. The van der Waals surface area contributed by atoms with Crippen molar-refractivity contribution in [3.63, 3.8) is 0 Å². The minimum atomic E-state index is -0.316. The molecule has 194 valence electrons. The van der Waals surface area contributed by atoms with Crippen molar-refractivity contribution in [1.82, 2.24) is 14.9 Å². The predicted octanol–water partition coefficient (Wildman–Crippen LogP) is 4.69. The minimum Gasteiger partial charge on any atom is -0.493 e. The van der Waals surface area contributed by atoms with Crippen molar-refractivity contribution in [2.45, 2.75) is 64.1 Å². The van der Waals surface area contributed by atoms with E-state index in [0.717, 1.165) is 54.3 Å². The molecule has 5 aliphatic rings. The van der Waals surface area contributed by atoms with E-state index in [1.807, 2.05) is 12.1 Å². The third kappa shape index (κ3) is 4.33. The first kappa shape index (κ1) is 24.3. The lowest BCUT2D eigenvalue weighted by Gasteiger charge is -2.58. The van der Waals surface area contributed by atoms with E-state index in [-0.39, 0.29) is 11.5 Å². The summed E-state index contributed by atoms with van der Waals surface area (Å²) in [6.45, 7) is 2.89. The fourth-order valence-electron chi connectivity index (χ4n) is 7.98. The molecule has 7 rings (SSSR count). The molecular weight excluding hydrogens is 476 g/mol. The molecule has 0 amide bonds. The van der Waals surface area contributed by atoms with Crippen LogP contribution in [-0.4, -0.2) is 53.4 Å². The zero-order valence-electron chi connectivity index (χ0n) is 21.3. The highest BCUT2D eigenvalue weighted by atomic mass is 35.5. The quantitative estimate of drug-likeness (QED) is 0.531. The number of halogens is 1. The number of aliphatic hydroxyl groups is 1. The molecule has 4 saturated carbocycles. The number of anilines is 1.